The van der Waals surface area contributed by atoms with E-state index in [9.17, 15) is 15.2 Å². The number of aromatic hydroxyl groups is 1. The van der Waals surface area contributed by atoms with Gasteiger partial charge in [-0.3, -0.25) is 15.0 Å². The summed E-state index contributed by atoms with van der Waals surface area (Å²) in [6.45, 7) is 7.16. The molecule has 0 amide bonds. The topological polar surface area (TPSA) is 78.6 Å². The van der Waals surface area contributed by atoms with Crippen LogP contribution in [0.5, 0.6) is 5.75 Å². The maximum absolute atomic E-state index is 11.3. The van der Waals surface area contributed by atoms with E-state index in [0.29, 0.717) is 5.56 Å². The fourth-order valence-corrected chi connectivity index (χ4v) is 2.78. The molecule has 0 unspecified atom stereocenters. The average molecular weight is 364 g/mol. The summed E-state index contributed by atoms with van der Waals surface area (Å²) in [6.07, 6.45) is 3.36. The van der Waals surface area contributed by atoms with Crippen LogP contribution in [0.2, 0.25) is 0 Å². The van der Waals surface area contributed by atoms with Crippen LogP contribution in [0.1, 0.15) is 24.4 Å². The Balaban J connectivity index is 0.00000242. The van der Waals surface area contributed by atoms with Crippen molar-refractivity contribution in [2.24, 2.45) is 0 Å². The number of hydrogen-bond acceptors (Lipinski definition) is 5. The highest BCUT2D eigenvalue weighted by atomic mass is 35.5. The minimum absolute atomic E-state index is 0. The van der Waals surface area contributed by atoms with Gasteiger partial charge < -0.3 is 10.4 Å². The summed E-state index contributed by atoms with van der Waals surface area (Å²) < 4.78 is 0. The van der Waals surface area contributed by atoms with E-state index in [1.807, 2.05) is 6.08 Å². The maximum Gasteiger partial charge on any atom is 0.274 e. The molecule has 1 heterocycles. The lowest BCUT2D eigenvalue weighted by atomic mass is 9.97. The molecule has 1 aromatic rings. The lowest BCUT2D eigenvalue weighted by Crippen LogP contribution is -2.45. The van der Waals surface area contributed by atoms with Gasteiger partial charge in [-0.25, -0.2) is 0 Å². The number of halogens is 2. The van der Waals surface area contributed by atoms with Gasteiger partial charge in [0.15, 0.2) is 0 Å². The first-order valence-electron chi connectivity index (χ1n) is 7.16. The summed E-state index contributed by atoms with van der Waals surface area (Å²) >= 11 is 0. The third-order valence-electron chi connectivity index (χ3n) is 3.80. The SMILES string of the molecule is C=CCC[C@@H](c1cc(O)ccc1[N+](=O)[O-])N1CCNCC1.Cl.Cl. The van der Waals surface area contributed by atoms with Crippen molar-refractivity contribution in [1.29, 1.82) is 0 Å². The number of nitrogens with zero attached hydrogens (tertiary/aromatic N) is 2. The summed E-state index contributed by atoms with van der Waals surface area (Å²) in [7, 11) is 0. The number of hydrogen-bond donors (Lipinski definition) is 2. The molecule has 0 aliphatic carbocycles. The molecule has 1 aliphatic heterocycles. The fourth-order valence-electron chi connectivity index (χ4n) is 2.78. The van der Waals surface area contributed by atoms with Crippen molar-refractivity contribution in [3.63, 3.8) is 0 Å². The molecule has 1 aromatic carbocycles. The number of phenolic OH excluding ortho intramolecular Hbond substituents is 1. The summed E-state index contributed by atoms with van der Waals surface area (Å²) in [5.41, 5.74) is 0.657. The van der Waals surface area contributed by atoms with E-state index in [1.165, 1.54) is 18.2 Å². The van der Waals surface area contributed by atoms with Crippen molar-refractivity contribution in [2.45, 2.75) is 18.9 Å². The molecule has 0 radical (unpaired) electrons. The zero-order valence-electron chi connectivity index (χ0n) is 12.8. The van der Waals surface area contributed by atoms with Gasteiger partial charge in [-0.15, -0.1) is 31.4 Å². The molecule has 0 bridgehead atoms. The number of allylic oxidation sites excluding steroid dienone is 1. The molecule has 0 aromatic heterocycles. The van der Waals surface area contributed by atoms with Gasteiger partial charge in [0.05, 0.1) is 10.5 Å². The van der Waals surface area contributed by atoms with E-state index in [1.54, 1.807) is 0 Å². The van der Waals surface area contributed by atoms with Crippen LogP contribution in [0, 0.1) is 10.1 Å². The van der Waals surface area contributed by atoms with Crippen molar-refractivity contribution in [3.05, 3.63) is 46.5 Å². The van der Waals surface area contributed by atoms with E-state index in [0.717, 1.165) is 39.0 Å². The van der Waals surface area contributed by atoms with Crippen LogP contribution in [0.3, 0.4) is 0 Å². The smallest absolute Gasteiger partial charge is 0.274 e. The van der Waals surface area contributed by atoms with Gasteiger partial charge in [0.1, 0.15) is 5.75 Å². The maximum atomic E-state index is 11.3. The van der Waals surface area contributed by atoms with E-state index >= 15 is 0 Å². The number of rotatable bonds is 6. The highest BCUT2D eigenvalue weighted by Gasteiger charge is 2.28. The summed E-state index contributed by atoms with van der Waals surface area (Å²) in [6, 6.07) is 4.20. The zero-order valence-corrected chi connectivity index (χ0v) is 14.4. The van der Waals surface area contributed by atoms with Gasteiger partial charge in [0, 0.05) is 38.3 Å². The monoisotopic (exact) mass is 363 g/mol. The van der Waals surface area contributed by atoms with Crippen molar-refractivity contribution in [1.82, 2.24) is 10.2 Å². The first-order valence-corrected chi connectivity index (χ1v) is 7.16. The van der Waals surface area contributed by atoms with Crippen LogP contribution in [0.4, 0.5) is 5.69 Å². The number of benzene rings is 1. The highest BCUT2D eigenvalue weighted by molar-refractivity contribution is 5.85. The Morgan fingerprint density at radius 3 is 2.61 bits per heavy atom. The summed E-state index contributed by atoms with van der Waals surface area (Å²) in [5, 5.41) is 24.3. The minimum atomic E-state index is -0.377. The molecule has 1 aliphatic rings. The molecule has 6 nitrogen and oxygen atoms in total. The largest absolute Gasteiger partial charge is 0.508 e. The predicted octanol–water partition coefficient (Wildman–Crippen LogP) is 3.06. The Labute approximate surface area is 148 Å². The van der Waals surface area contributed by atoms with E-state index < -0.39 is 0 Å². The number of phenols is 1. The van der Waals surface area contributed by atoms with E-state index in [-0.39, 0.29) is 47.2 Å². The van der Waals surface area contributed by atoms with Gasteiger partial charge in [-0.2, -0.15) is 0 Å². The molecule has 130 valence electrons. The molecule has 2 rings (SSSR count). The summed E-state index contributed by atoms with van der Waals surface area (Å²) in [5.74, 6) is 0.0642. The Hall–Kier alpha value is -1.34. The Morgan fingerprint density at radius 1 is 1.39 bits per heavy atom. The second-order valence-corrected chi connectivity index (χ2v) is 5.17. The van der Waals surface area contributed by atoms with E-state index in [2.05, 4.69) is 16.8 Å². The summed E-state index contributed by atoms with van der Waals surface area (Å²) in [4.78, 5) is 13.1. The Kier molecular flexibility index (Phi) is 9.83. The number of nitro benzene ring substituents is 1. The average Bonchev–Trinajstić information content (AvgIpc) is 2.48. The van der Waals surface area contributed by atoms with Gasteiger partial charge in [0.25, 0.3) is 5.69 Å². The van der Waals surface area contributed by atoms with Gasteiger partial charge in [0.2, 0.25) is 0 Å². The highest BCUT2D eigenvalue weighted by Crippen LogP contribution is 2.35. The molecule has 0 saturated carbocycles. The molecule has 2 N–H and O–H groups in total. The second-order valence-electron chi connectivity index (χ2n) is 5.17. The second kappa shape index (κ2) is 10.4. The van der Waals surface area contributed by atoms with Crippen molar-refractivity contribution in [3.8, 4) is 5.75 Å². The molecule has 8 heteroatoms. The molecule has 1 saturated heterocycles. The molecular formula is C15H23Cl2N3O3. The van der Waals surface area contributed by atoms with Crippen LogP contribution in [0.25, 0.3) is 0 Å². The van der Waals surface area contributed by atoms with Crippen LogP contribution in [0.15, 0.2) is 30.9 Å². The van der Waals surface area contributed by atoms with Crippen LogP contribution < -0.4 is 5.32 Å². The Bertz CT molecular complexity index is 523. The fraction of sp³-hybridized carbons (Fsp3) is 0.467. The molecule has 1 fully saturated rings. The third kappa shape index (κ3) is 5.66. The first-order chi connectivity index (χ1) is 10.1. The number of nitro groups is 1. The van der Waals surface area contributed by atoms with Gasteiger partial charge >= 0.3 is 0 Å². The van der Waals surface area contributed by atoms with Crippen LogP contribution in [-0.4, -0.2) is 41.1 Å². The normalized spacial score (nSPS) is 15.8. The van der Waals surface area contributed by atoms with Crippen molar-refractivity contribution in [2.75, 3.05) is 26.2 Å². The van der Waals surface area contributed by atoms with Crippen LogP contribution in [-0.2, 0) is 0 Å². The molecule has 1 atom stereocenters. The van der Waals surface area contributed by atoms with Gasteiger partial charge in [-0.05, 0) is 25.0 Å². The lowest BCUT2D eigenvalue weighted by Gasteiger charge is -2.35. The molecule has 23 heavy (non-hydrogen) atoms. The third-order valence-corrected chi connectivity index (χ3v) is 3.80. The molecular weight excluding hydrogens is 341 g/mol. The zero-order chi connectivity index (χ0) is 15.2. The number of piperazine rings is 1. The minimum Gasteiger partial charge on any atom is -0.508 e. The Morgan fingerprint density at radius 2 is 2.04 bits per heavy atom. The van der Waals surface area contributed by atoms with E-state index in [4.69, 9.17) is 0 Å². The lowest BCUT2D eigenvalue weighted by molar-refractivity contribution is -0.386. The quantitative estimate of drug-likeness (QED) is 0.461. The number of nitrogens with one attached hydrogen (secondary N) is 1. The van der Waals surface area contributed by atoms with Crippen molar-refractivity contribution < 1.29 is 10.0 Å². The predicted molar refractivity (Wildman–Crippen MR) is 95.9 cm³/mol. The molecule has 0 spiro atoms. The van der Waals surface area contributed by atoms with Gasteiger partial charge in [-0.1, -0.05) is 6.08 Å². The van der Waals surface area contributed by atoms with Crippen molar-refractivity contribution >= 4 is 30.5 Å². The standard InChI is InChI=1S/C15H21N3O3.2ClH/c1-2-3-4-14(17-9-7-16-8-10-17)13-11-12(19)5-6-15(13)18(20)21;;/h2,5-6,11,14,16,19H,1,3-4,7-10H2;2*1H/t14-;;/m0../s1. The van der Waals surface area contributed by atoms with Crippen LogP contribution >= 0.6 is 24.8 Å². The first kappa shape index (κ1) is 21.7.